The first-order valence-electron chi connectivity index (χ1n) is 10.3. The summed E-state index contributed by atoms with van der Waals surface area (Å²) in [7, 11) is -2.28. The molecule has 1 aliphatic rings. The van der Waals surface area contributed by atoms with Gasteiger partial charge in [-0.2, -0.15) is 4.31 Å². The van der Waals surface area contributed by atoms with Gasteiger partial charge in [0.15, 0.2) is 5.13 Å². The maximum Gasteiger partial charge on any atom is 0.244 e. The Morgan fingerprint density at radius 1 is 1.19 bits per heavy atom. The first kappa shape index (κ1) is 22.4. The first-order chi connectivity index (χ1) is 15.3. The van der Waals surface area contributed by atoms with Crippen LogP contribution in [0.4, 0.5) is 5.13 Å². The molecule has 0 spiro atoms. The lowest BCUT2D eigenvalue weighted by molar-refractivity contribution is -0.119. The van der Waals surface area contributed by atoms with E-state index < -0.39 is 16.1 Å². The van der Waals surface area contributed by atoms with Gasteiger partial charge in [0.05, 0.1) is 17.7 Å². The average Bonchev–Trinajstić information content (AvgIpc) is 3.46. The summed E-state index contributed by atoms with van der Waals surface area (Å²) in [6, 6.07) is 11.6. The average molecular weight is 472 g/mol. The standard InChI is InChI=1S/C23H25N3O4S2/c1-15-6-7-16(2)19(13-15)20-14-31-23(24-20)25-22(27)21-5-4-12-26(21)32(28,29)18-10-8-17(30-3)9-11-18/h6-11,13-14,21H,4-5,12H2,1-3H3,(H,24,25,27). The Hall–Kier alpha value is -2.75. The van der Waals surface area contributed by atoms with Crippen LogP contribution in [0.1, 0.15) is 24.0 Å². The van der Waals surface area contributed by atoms with Crippen molar-refractivity contribution in [2.45, 2.75) is 37.6 Å². The van der Waals surface area contributed by atoms with Gasteiger partial charge in [-0.1, -0.05) is 17.7 Å². The summed E-state index contributed by atoms with van der Waals surface area (Å²) in [6.07, 6.45) is 1.09. The number of nitrogens with zero attached hydrogens (tertiary/aromatic N) is 2. The van der Waals surface area contributed by atoms with E-state index in [0.29, 0.717) is 30.3 Å². The highest BCUT2D eigenvalue weighted by Crippen LogP contribution is 2.31. The van der Waals surface area contributed by atoms with Crippen molar-refractivity contribution in [3.05, 3.63) is 59.0 Å². The number of hydrogen-bond acceptors (Lipinski definition) is 6. The Morgan fingerprint density at radius 3 is 2.66 bits per heavy atom. The number of aryl methyl sites for hydroxylation is 2. The van der Waals surface area contributed by atoms with E-state index in [1.165, 1.54) is 34.9 Å². The van der Waals surface area contributed by atoms with Crippen LogP contribution in [-0.4, -0.2) is 43.3 Å². The lowest BCUT2D eigenvalue weighted by atomic mass is 10.0. The highest BCUT2D eigenvalue weighted by molar-refractivity contribution is 7.89. The first-order valence-corrected chi connectivity index (χ1v) is 12.6. The molecule has 0 bridgehead atoms. The van der Waals surface area contributed by atoms with Crippen LogP contribution in [0.25, 0.3) is 11.3 Å². The number of sulfonamides is 1. The number of methoxy groups -OCH3 is 1. The summed E-state index contributed by atoms with van der Waals surface area (Å²) in [5.74, 6) is 0.213. The number of thiazole rings is 1. The van der Waals surface area contributed by atoms with Gasteiger partial charge >= 0.3 is 0 Å². The normalized spacial score (nSPS) is 16.8. The van der Waals surface area contributed by atoms with E-state index in [9.17, 15) is 13.2 Å². The fourth-order valence-electron chi connectivity index (χ4n) is 3.83. The number of amides is 1. The minimum absolute atomic E-state index is 0.143. The third kappa shape index (κ3) is 4.41. The van der Waals surface area contributed by atoms with Gasteiger partial charge in [0, 0.05) is 17.5 Å². The molecular weight excluding hydrogens is 446 g/mol. The molecule has 1 atom stereocenters. The van der Waals surface area contributed by atoms with Crippen LogP contribution in [-0.2, 0) is 14.8 Å². The van der Waals surface area contributed by atoms with E-state index >= 15 is 0 Å². The van der Waals surface area contributed by atoms with E-state index in [1.807, 2.05) is 31.4 Å². The molecule has 1 unspecified atom stereocenters. The number of carbonyl (C=O) groups is 1. The largest absolute Gasteiger partial charge is 0.497 e. The molecule has 0 aliphatic carbocycles. The Morgan fingerprint density at radius 2 is 1.94 bits per heavy atom. The Kier molecular flexibility index (Phi) is 6.32. The Labute approximate surface area is 192 Å². The van der Waals surface area contributed by atoms with Crippen molar-refractivity contribution >= 4 is 32.4 Å². The predicted octanol–water partition coefficient (Wildman–Crippen LogP) is 4.23. The van der Waals surface area contributed by atoms with Crippen LogP contribution < -0.4 is 10.1 Å². The molecule has 9 heteroatoms. The molecule has 2 aromatic carbocycles. The number of anilines is 1. The van der Waals surface area contributed by atoms with E-state index in [-0.39, 0.29) is 10.8 Å². The van der Waals surface area contributed by atoms with Crippen molar-refractivity contribution in [2.24, 2.45) is 0 Å². The molecule has 1 aliphatic heterocycles. The molecule has 168 valence electrons. The zero-order valence-corrected chi connectivity index (χ0v) is 19.8. The highest BCUT2D eigenvalue weighted by Gasteiger charge is 2.39. The van der Waals surface area contributed by atoms with Crippen molar-refractivity contribution in [2.75, 3.05) is 19.0 Å². The van der Waals surface area contributed by atoms with Gasteiger partial charge in [-0.05, 0) is 62.6 Å². The molecular formula is C23H25N3O4S2. The lowest BCUT2D eigenvalue weighted by Gasteiger charge is -2.23. The van der Waals surface area contributed by atoms with E-state index in [1.54, 1.807) is 12.1 Å². The van der Waals surface area contributed by atoms with Crippen LogP contribution in [0.15, 0.2) is 52.7 Å². The summed E-state index contributed by atoms with van der Waals surface area (Å²) in [4.78, 5) is 17.7. The van der Waals surface area contributed by atoms with Crippen molar-refractivity contribution in [3.8, 4) is 17.0 Å². The number of carbonyl (C=O) groups excluding carboxylic acids is 1. The molecule has 32 heavy (non-hydrogen) atoms. The smallest absolute Gasteiger partial charge is 0.244 e. The van der Waals surface area contributed by atoms with Crippen molar-refractivity contribution in [1.29, 1.82) is 0 Å². The minimum atomic E-state index is -3.80. The number of nitrogens with one attached hydrogen (secondary N) is 1. The van der Waals surface area contributed by atoms with Crippen molar-refractivity contribution < 1.29 is 17.9 Å². The molecule has 1 aromatic heterocycles. The van der Waals surface area contributed by atoms with Gasteiger partial charge in [-0.15, -0.1) is 11.3 Å². The number of rotatable bonds is 6. The summed E-state index contributed by atoms with van der Waals surface area (Å²) < 4.78 is 32.7. The number of benzene rings is 2. The quantitative estimate of drug-likeness (QED) is 0.581. The van der Waals surface area contributed by atoms with Gasteiger partial charge in [-0.25, -0.2) is 13.4 Å². The molecule has 0 radical (unpaired) electrons. The molecule has 3 aromatic rings. The molecule has 1 N–H and O–H groups in total. The van der Waals surface area contributed by atoms with Gasteiger partial charge in [0.25, 0.3) is 0 Å². The van der Waals surface area contributed by atoms with E-state index in [2.05, 4.69) is 16.4 Å². The molecule has 2 heterocycles. The van der Waals surface area contributed by atoms with Crippen LogP contribution in [0.2, 0.25) is 0 Å². The molecule has 4 rings (SSSR count). The van der Waals surface area contributed by atoms with E-state index in [4.69, 9.17) is 4.74 Å². The summed E-state index contributed by atoms with van der Waals surface area (Å²) in [5, 5.41) is 5.18. The number of hydrogen-bond donors (Lipinski definition) is 1. The van der Waals surface area contributed by atoms with Gasteiger partial charge in [-0.3, -0.25) is 4.79 Å². The maximum absolute atomic E-state index is 13.2. The molecule has 0 saturated carbocycles. The second-order valence-corrected chi connectivity index (χ2v) is 10.5. The van der Waals surface area contributed by atoms with Crippen molar-refractivity contribution in [3.63, 3.8) is 0 Å². The topological polar surface area (TPSA) is 88.6 Å². The third-order valence-electron chi connectivity index (χ3n) is 5.58. The zero-order chi connectivity index (χ0) is 22.9. The van der Waals surface area contributed by atoms with Gasteiger partial charge in [0.2, 0.25) is 15.9 Å². The van der Waals surface area contributed by atoms with Crippen LogP contribution >= 0.6 is 11.3 Å². The predicted molar refractivity (Wildman–Crippen MR) is 126 cm³/mol. The molecule has 1 saturated heterocycles. The number of ether oxygens (including phenoxy) is 1. The summed E-state index contributed by atoms with van der Waals surface area (Å²) in [6.45, 7) is 4.35. The molecule has 1 amide bonds. The monoisotopic (exact) mass is 471 g/mol. The highest BCUT2D eigenvalue weighted by atomic mass is 32.2. The Balaban J connectivity index is 1.52. The molecule has 7 nitrogen and oxygen atoms in total. The fourth-order valence-corrected chi connectivity index (χ4v) is 6.20. The second kappa shape index (κ2) is 9.01. The van der Waals surface area contributed by atoms with Crippen molar-refractivity contribution in [1.82, 2.24) is 9.29 Å². The summed E-state index contributed by atoms with van der Waals surface area (Å²) >= 11 is 1.33. The van der Waals surface area contributed by atoms with Crippen LogP contribution in [0.5, 0.6) is 5.75 Å². The van der Waals surface area contributed by atoms with Crippen LogP contribution in [0, 0.1) is 13.8 Å². The SMILES string of the molecule is COc1ccc(S(=O)(=O)N2CCCC2C(=O)Nc2nc(-c3cc(C)ccc3C)cs2)cc1. The van der Waals surface area contributed by atoms with Crippen LogP contribution in [0.3, 0.4) is 0 Å². The van der Waals surface area contributed by atoms with Gasteiger partial charge in [0.1, 0.15) is 11.8 Å². The lowest BCUT2D eigenvalue weighted by Crippen LogP contribution is -2.43. The second-order valence-electron chi connectivity index (χ2n) is 7.79. The fraction of sp³-hybridized carbons (Fsp3) is 0.304. The number of aromatic nitrogens is 1. The minimum Gasteiger partial charge on any atom is -0.497 e. The third-order valence-corrected chi connectivity index (χ3v) is 8.26. The van der Waals surface area contributed by atoms with Gasteiger partial charge < -0.3 is 10.1 Å². The van der Waals surface area contributed by atoms with E-state index in [0.717, 1.165) is 22.4 Å². The summed E-state index contributed by atoms with van der Waals surface area (Å²) in [5.41, 5.74) is 4.05. The zero-order valence-electron chi connectivity index (χ0n) is 18.2. The Bertz CT molecular complexity index is 1240. The molecule has 1 fully saturated rings. The maximum atomic E-state index is 13.2.